The van der Waals surface area contributed by atoms with Crippen LogP contribution in [0.3, 0.4) is 0 Å². The van der Waals surface area contributed by atoms with Crippen molar-refractivity contribution in [2.24, 2.45) is 5.73 Å². The van der Waals surface area contributed by atoms with Crippen LogP contribution in [-0.4, -0.2) is 16.7 Å². The Kier molecular flexibility index (Phi) is 2.75. The summed E-state index contributed by atoms with van der Waals surface area (Å²) in [6.45, 7) is 4.59. The van der Waals surface area contributed by atoms with E-state index in [-0.39, 0.29) is 6.04 Å². The molecular weight excluding hydrogens is 194 g/mol. The molecule has 5 nitrogen and oxygen atoms in total. The monoisotopic (exact) mass is 211 g/mol. The zero-order valence-corrected chi connectivity index (χ0v) is 9.19. The molecule has 1 aliphatic heterocycles. The molecule has 0 saturated carbocycles. The smallest absolute Gasteiger partial charge is 0.243 e. The van der Waals surface area contributed by atoms with Gasteiger partial charge < -0.3 is 15.0 Å². The maximum atomic E-state index is 5.72. The largest absolute Gasteiger partial charge is 0.367 e. The second kappa shape index (κ2) is 3.90. The zero-order valence-electron chi connectivity index (χ0n) is 9.19. The van der Waals surface area contributed by atoms with Crippen LogP contribution in [0.25, 0.3) is 0 Å². The van der Waals surface area contributed by atoms with Crippen molar-refractivity contribution in [3.63, 3.8) is 0 Å². The molecule has 2 N–H and O–H groups in total. The number of hydrogen-bond donors (Lipinski definition) is 1. The van der Waals surface area contributed by atoms with Crippen molar-refractivity contribution in [3.05, 3.63) is 11.7 Å². The SMILES string of the molecule is CC(N)c1nc(C2(C)CCCCO2)no1. The molecule has 0 amide bonds. The van der Waals surface area contributed by atoms with Crippen LogP contribution >= 0.6 is 0 Å². The molecule has 0 bridgehead atoms. The summed E-state index contributed by atoms with van der Waals surface area (Å²) >= 11 is 0. The molecule has 0 aromatic carbocycles. The average molecular weight is 211 g/mol. The van der Waals surface area contributed by atoms with Crippen molar-refractivity contribution in [2.75, 3.05) is 6.61 Å². The van der Waals surface area contributed by atoms with E-state index in [0.29, 0.717) is 11.7 Å². The van der Waals surface area contributed by atoms with E-state index in [2.05, 4.69) is 10.1 Å². The Bertz CT molecular complexity index is 329. The molecule has 1 aromatic rings. The van der Waals surface area contributed by atoms with E-state index in [1.807, 2.05) is 13.8 Å². The van der Waals surface area contributed by atoms with Gasteiger partial charge in [-0.05, 0) is 33.1 Å². The van der Waals surface area contributed by atoms with E-state index in [4.69, 9.17) is 15.0 Å². The van der Waals surface area contributed by atoms with Gasteiger partial charge in [0.05, 0.1) is 6.04 Å². The molecule has 0 radical (unpaired) electrons. The van der Waals surface area contributed by atoms with Crippen LogP contribution in [0, 0.1) is 0 Å². The third-order valence-electron chi connectivity index (χ3n) is 2.77. The van der Waals surface area contributed by atoms with Gasteiger partial charge in [-0.25, -0.2) is 0 Å². The molecule has 2 rings (SSSR count). The van der Waals surface area contributed by atoms with Crippen molar-refractivity contribution in [1.29, 1.82) is 0 Å². The van der Waals surface area contributed by atoms with Crippen LogP contribution in [-0.2, 0) is 10.3 Å². The number of aromatic nitrogens is 2. The van der Waals surface area contributed by atoms with E-state index in [1.54, 1.807) is 0 Å². The highest BCUT2D eigenvalue weighted by Crippen LogP contribution is 2.32. The van der Waals surface area contributed by atoms with Gasteiger partial charge in [-0.2, -0.15) is 4.98 Å². The summed E-state index contributed by atoms with van der Waals surface area (Å²) in [5.41, 5.74) is 5.27. The lowest BCUT2D eigenvalue weighted by Crippen LogP contribution is -2.31. The van der Waals surface area contributed by atoms with Crippen LogP contribution in [0.4, 0.5) is 0 Å². The molecule has 15 heavy (non-hydrogen) atoms. The summed E-state index contributed by atoms with van der Waals surface area (Å²) in [4.78, 5) is 4.28. The van der Waals surface area contributed by atoms with Gasteiger partial charge in [0.25, 0.3) is 0 Å². The fraction of sp³-hybridized carbons (Fsp3) is 0.800. The van der Waals surface area contributed by atoms with Crippen LogP contribution in [0.15, 0.2) is 4.52 Å². The molecule has 2 unspecified atom stereocenters. The van der Waals surface area contributed by atoms with Gasteiger partial charge in [-0.3, -0.25) is 0 Å². The van der Waals surface area contributed by atoms with Gasteiger partial charge in [0.2, 0.25) is 11.7 Å². The third-order valence-corrected chi connectivity index (χ3v) is 2.77. The van der Waals surface area contributed by atoms with Gasteiger partial charge in [-0.1, -0.05) is 5.16 Å². The maximum Gasteiger partial charge on any atom is 0.243 e. The fourth-order valence-electron chi connectivity index (χ4n) is 1.75. The summed E-state index contributed by atoms with van der Waals surface area (Å²) in [7, 11) is 0. The van der Waals surface area contributed by atoms with Crippen molar-refractivity contribution in [1.82, 2.24) is 10.1 Å². The number of nitrogens with two attached hydrogens (primary N) is 1. The van der Waals surface area contributed by atoms with Gasteiger partial charge in [0.15, 0.2) is 0 Å². The number of rotatable bonds is 2. The second-order valence-corrected chi connectivity index (χ2v) is 4.28. The molecule has 1 aromatic heterocycles. The first kappa shape index (κ1) is 10.6. The number of hydrogen-bond acceptors (Lipinski definition) is 5. The molecule has 1 aliphatic rings. The molecular formula is C10H17N3O2. The summed E-state index contributed by atoms with van der Waals surface area (Å²) in [6, 6.07) is -0.224. The Morgan fingerprint density at radius 3 is 2.80 bits per heavy atom. The van der Waals surface area contributed by atoms with E-state index in [1.165, 1.54) is 0 Å². The predicted octanol–water partition coefficient (Wildman–Crippen LogP) is 1.51. The van der Waals surface area contributed by atoms with E-state index in [9.17, 15) is 0 Å². The molecule has 0 aliphatic carbocycles. The van der Waals surface area contributed by atoms with Gasteiger partial charge >= 0.3 is 0 Å². The minimum absolute atomic E-state index is 0.224. The first-order valence-electron chi connectivity index (χ1n) is 5.35. The number of nitrogens with zero attached hydrogens (tertiary/aromatic N) is 2. The molecule has 5 heteroatoms. The van der Waals surface area contributed by atoms with Crippen LogP contribution in [0.5, 0.6) is 0 Å². The van der Waals surface area contributed by atoms with Crippen LogP contribution in [0.1, 0.15) is 50.9 Å². The Hall–Kier alpha value is -0.940. The number of ether oxygens (including phenoxy) is 1. The Balaban J connectivity index is 2.20. The normalized spacial score (nSPS) is 29.0. The summed E-state index contributed by atoms with van der Waals surface area (Å²) < 4.78 is 10.8. The lowest BCUT2D eigenvalue weighted by atomic mass is 9.95. The molecule has 2 heterocycles. The van der Waals surface area contributed by atoms with E-state index < -0.39 is 5.60 Å². The van der Waals surface area contributed by atoms with Crippen molar-refractivity contribution >= 4 is 0 Å². The Morgan fingerprint density at radius 1 is 1.47 bits per heavy atom. The average Bonchev–Trinajstić information content (AvgIpc) is 2.68. The zero-order chi connectivity index (χ0) is 10.9. The Labute approximate surface area is 89.0 Å². The lowest BCUT2D eigenvalue weighted by Gasteiger charge is -2.30. The van der Waals surface area contributed by atoms with E-state index >= 15 is 0 Å². The third kappa shape index (κ3) is 2.03. The fourth-order valence-corrected chi connectivity index (χ4v) is 1.75. The van der Waals surface area contributed by atoms with Crippen molar-refractivity contribution in [3.8, 4) is 0 Å². The molecule has 2 atom stereocenters. The first-order chi connectivity index (χ1) is 7.12. The highest BCUT2D eigenvalue weighted by Gasteiger charge is 2.35. The second-order valence-electron chi connectivity index (χ2n) is 4.28. The van der Waals surface area contributed by atoms with Gasteiger partial charge in [-0.15, -0.1) is 0 Å². The highest BCUT2D eigenvalue weighted by molar-refractivity contribution is 5.01. The minimum atomic E-state index is -0.394. The van der Waals surface area contributed by atoms with E-state index in [0.717, 1.165) is 25.9 Å². The van der Waals surface area contributed by atoms with Crippen LogP contribution in [0.2, 0.25) is 0 Å². The molecule has 1 saturated heterocycles. The molecule has 84 valence electrons. The van der Waals surface area contributed by atoms with Crippen molar-refractivity contribution < 1.29 is 9.26 Å². The summed E-state index contributed by atoms with van der Waals surface area (Å²) in [5, 5.41) is 3.94. The predicted molar refractivity (Wildman–Crippen MR) is 54.1 cm³/mol. The Morgan fingerprint density at radius 2 is 2.27 bits per heavy atom. The highest BCUT2D eigenvalue weighted by atomic mass is 16.5. The standard InChI is InChI=1S/C10H17N3O2/c1-7(11)8-12-9(13-15-8)10(2)5-3-4-6-14-10/h7H,3-6,11H2,1-2H3. The first-order valence-corrected chi connectivity index (χ1v) is 5.35. The lowest BCUT2D eigenvalue weighted by molar-refractivity contribution is -0.0770. The van der Waals surface area contributed by atoms with Gasteiger partial charge in [0, 0.05) is 6.61 Å². The molecule has 1 fully saturated rings. The topological polar surface area (TPSA) is 74.2 Å². The summed E-state index contributed by atoms with van der Waals surface area (Å²) in [6.07, 6.45) is 3.18. The van der Waals surface area contributed by atoms with Gasteiger partial charge in [0.1, 0.15) is 5.60 Å². The maximum absolute atomic E-state index is 5.72. The van der Waals surface area contributed by atoms with Crippen LogP contribution < -0.4 is 5.73 Å². The molecule has 0 spiro atoms. The quantitative estimate of drug-likeness (QED) is 0.802. The van der Waals surface area contributed by atoms with Crippen molar-refractivity contribution in [2.45, 2.75) is 44.8 Å². The minimum Gasteiger partial charge on any atom is -0.367 e. The summed E-state index contributed by atoms with van der Waals surface area (Å²) in [5.74, 6) is 1.09.